The van der Waals surface area contributed by atoms with Crippen LogP contribution in [0.3, 0.4) is 0 Å². The molecule has 1 heterocycles. The third-order valence-electron chi connectivity index (χ3n) is 3.18. The highest BCUT2D eigenvalue weighted by Gasteiger charge is 2.24. The van der Waals surface area contributed by atoms with Crippen molar-refractivity contribution in [2.75, 3.05) is 6.54 Å². The molecule has 1 unspecified atom stereocenters. The number of allylic oxidation sites excluding steroid dienone is 1. The number of carbonyl (C=O) groups is 1. The molecule has 21 heavy (non-hydrogen) atoms. The largest absolute Gasteiger partial charge is 0.443 e. The lowest BCUT2D eigenvalue weighted by Crippen LogP contribution is -2.36. The van der Waals surface area contributed by atoms with Gasteiger partial charge < -0.3 is 4.74 Å². The van der Waals surface area contributed by atoms with Crippen molar-refractivity contribution in [3.8, 4) is 0 Å². The number of carbonyl (C=O) groups excluding carboxylic acids is 1. The number of ether oxygens (including phenoxy) is 1. The number of amides is 1. The van der Waals surface area contributed by atoms with Crippen LogP contribution >= 0.6 is 23.2 Å². The van der Waals surface area contributed by atoms with E-state index in [0.29, 0.717) is 16.6 Å². The van der Waals surface area contributed by atoms with Gasteiger partial charge in [0.1, 0.15) is 5.60 Å². The van der Waals surface area contributed by atoms with Gasteiger partial charge in [0.05, 0.1) is 10.0 Å². The molecule has 0 bridgehead atoms. The summed E-state index contributed by atoms with van der Waals surface area (Å²) >= 11 is 12.0. The molecule has 1 aromatic carbocycles. The molecule has 2 rings (SSSR count). The Kier molecular flexibility index (Phi) is 4.84. The molecule has 0 radical (unpaired) electrons. The highest BCUT2D eigenvalue weighted by Crippen LogP contribution is 2.31. The zero-order chi connectivity index (χ0) is 15.6. The second kappa shape index (κ2) is 6.29. The summed E-state index contributed by atoms with van der Waals surface area (Å²) < 4.78 is 5.35. The van der Waals surface area contributed by atoms with Crippen LogP contribution in [0.5, 0.6) is 0 Å². The minimum atomic E-state index is -0.481. The van der Waals surface area contributed by atoms with E-state index in [-0.39, 0.29) is 12.0 Å². The number of benzene rings is 1. The highest BCUT2D eigenvalue weighted by atomic mass is 35.5. The first-order valence-corrected chi connectivity index (χ1v) is 7.65. The predicted molar refractivity (Wildman–Crippen MR) is 85.9 cm³/mol. The molecule has 0 spiro atoms. The topological polar surface area (TPSA) is 29.5 Å². The van der Waals surface area contributed by atoms with E-state index >= 15 is 0 Å². The third kappa shape index (κ3) is 4.39. The molecule has 1 aliphatic rings. The van der Waals surface area contributed by atoms with Crippen molar-refractivity contribution < 1.29 is 9.53 Å². The second-order valence-corrected chi connectivity index (χ2v) is 6.90. The van der Waals surface area contributed by atoms with Crippen molar-refractivity contribution in [3.05, 3.63) is 46.1 Å². The first-order valence-electron chi connectivity index (χ1n) is 6.89. The average molecular weight is 328 g/mol. The molecule has 1 aliphatic heterocycles. The summed E-state index contributed by atoms with van der Waals surface area (Å²) in [6.07, 6.45) is 4.29. The summed E-state index contributed by atoms with van der Waals surface area (Å²) in [4.78, 5) is 13.6. The van der Waals surface area contributed by atoms with Crippen LogP contribution in [0, 0.1) is 0 Å². The van der Waals surface area contributed by atoms with Gasteiger partial charge in [0, 0.05) is 18.7 Å². The van der Waals surface area contributed by atoms with Crippen molar-refractivity contribution in [3.63, 3.8) is 0 Å². The molecule has 0 fully saturated rings. The summed E-state index contributed by atoms with van der Waals surface area (Å²) in [5.41, 5.74) is 0.621. The maximum atomic E-state index is 12.0. The summed E-state index contributed by atoms with van der Waals surface area (Å²) in [7, 11) is 0. The van der Waals surface area contributed by atoms with Crippen LogP contribution < -0.4 is 0 Å². The molecule has 0 N–H and O–H groups in total. The predicted octanol–water partition coefficient (Wildman–Crippen LogP) is 5.23. The molecule has 0 aliphatic carbocycles. The van der Waals surface area contributed by atoms with E-state index in [1.807, 2.05) is 39.0 Å². The Balaban J connectivity index is 2.04. The summed E-state index contributed by atoms with van der Waals surface area (Å²) in [6, 6.07) is 5.64. The Hall–Kier alpha value is -1.19. The van der Waals surface area contributed by atoms with Crippen molar-refractivity contribution in [1.82, 2.24) is 4.90 Å². The van der Waals surface area contributed by atoms with E-state index in [9.17, 15) is 4.79 Å². The van der Waals surface area contributed by atoms with E-state index in [0.717, 1.165) is 12.0 Å². The van der Waals surface area contributed by atoms with Gasteiger partial charge in [-0.2, -0.15) is 0 Å². The Bertz CT molecular complexity index is 564. The molecule has 5 heteroatoms. The van der Waals surface area contributed by atoms with Crippen molar-refractivity contribution in [2.45, 2.75) is 38.7 Å². The Morgan fingerprint density at radius 2 is 2.00 bits per heavy atom. The van der Waals surface area contributed by atoms with Gasteiger partial charge in [0.2, 0.25) is 0 Å². The van der Waals surface area contributed by atoms with Crippen molar-refractivity contribution >= 4 is 29.3 Å². The van der Waals surface area contributed by atoms with Crippen molar-refractivity contribution in [2.24, 2.45) is 0 Å². The fourth-order valence-corrected chi connectivity index (χ4v) is 2.46. The molecule has 0 saturated heterocycles. The number of hydrogen-bond acceptors (Lipinski definition) is 2. The van der Waals surface area contributed by atoms with Gasteiger partial charge in [-0.05, 0) is 44.9 Å². The van der Waals surface area contributed by atoms with Gasteiger partial charge in [-0.3, -0.25) is 4.90 Å². The van der Waals surface area contributed by atoms with Crippen LogP contribution in [-0.4, -0.2) is 23.1 Å². The monoisotopic (exact) mass is 327 g/mol. The molecular weight excluding hydrogens is 309 g/mol. The number of rotatable bonds is 1. The smallest absolute Gasteiger partial charge is 0.414 e. The zero-order valence-corrected chi connectivity index (χ0v) is 13.9. The molecule has 1 atom stereocenters. The first-order chi connectivity index (χ1) is 9.76. The highest BCUT2D eigenvalue weighted by molar-refractivity contribution is 6.42. The lowest BCUT2D eigenvalue weighted by Gasteiger charge is -2.29. The van der Waals surface area contributed by atoms with Gasteiger partial charge in [0.25, 0.3) is 0 Å². The van der Waals surface area contributed by atoms with Gasteiger partial charge in [-0.15, -0.1) is 0 Å². The van der Waals surface area contributed by atoms with Crippen LogP contribution in [0.25, 0.3) is 0 Å². The van der Waals surface area contributed by atoms with Gasteiger partial charge in [-0.1, -0.05) is 35.3 Å². The van der Waals surface area contributed by atoms with E-state index in [2.05, 4.69) is 0 Å². The summed E-state index contributed by atoms with van der Waals surface area (Å²) in [6.45, 7) is 6.20. The van der Waals surface area contributed by atoms with E-state index in [1.54, 1.807) is 17.2 Å². The standard InChI is InChI=1S/C16H19Cl2NO2/c1-16(2,3)21-15(20)19-8-6-11(7-9-19)12-4-5-13(17)14(18)10-12/h4-6,8,10-11H,7,9H2,1-3H3. The lowest BCUT2D eigenvalue weighted by molar-refractivity contribution is 0.0324. The first kappa shape index (κ1) is 16.2. The Morgan fingerprint density at radius 3 is 2.52 bits per heavy atom. The maximum absolute atomic E-state index is 12.0. The summed E-state index contributed by atoms with van der Waals surface area (Å²) in [5.74, 6) is 0.235. The number of halogens is 2. The van der Waals surface area contributed by atoms with Crippen LogP contribution in [-0.2, 0) is 4.74 Å². The van der Waals surface area contributed by atoms with Gasteiger partial charge >= 0.3 is 6.09 Å². The molecule has 0 aromatic heterocycles. The molecule has 1 amide bonds. The minimum absolute atomic E-state index is 0.235. The normalized spacial score (nSPS) is 18.7. The molecule has 3 nitrogen and oxygen atoms in total. The van der Waals surface area contributed by atoms with Crippen LogP contribution in [0.15, 0.2) is 30.5 Å². The third-order valence-corrected chi connectivity index (χ3v) is 3.92. The van der Waals surface area contributed by atoms with E-state index < -0.39 is 5.60 Å². The van der Waals surface area contributed by atoms with E-state index in [1.165, 1.54) is 0 Å². The van der Waals surface area contributed by atoms with E-state index in [4.69, 9.17) is 27.9 Å². The molecule has 1 aromatic rings. The maximum Gasteiger partial charge on any atom is 0.414 e. The van der Waals surface area contributed by atoms with Crippen LogP contribution in [0.4, 0.5) is 4.79 Å². The molecule has 114 valence electrons. The number of hydrogen-bond donors (Lipinski definition) is 0. The zero-order valence-electron chi connectivity index (χ0n) is 12.4. The number of nitrogens with zero attached hydrogens (tertiary/aromatic N) is 1. The van der Waals surface area contributed by atoms with Crippen LogP contribution in [0.1, 0.15) is 38.7 Å². The molecular formula is C16H19Cl2NO2. The van der Waals surface area contributed by atoms with Crippen LogP contribution in [0.2, 0.25) is 10.0 Å². The fraction of sp³-hybridized carbons (Fsp3) is 0.438. The minimum Gasteiger partial charge on any atom is -0.443 e. The fourth-order valence-electron chi connectivity index (χ4n) is 2.15. The quantitative estimate of drug-likeness (QED) is 0.706. The SMILES string of the molecule is CC(C)(C)OC(=O)N1C=CC(c2ccc(Cl)c(Cl)c2)CC1. The Labute approximate surface area is 135 Å². The summed E-state index contributed by atoms with van der Waals surface area (Å²) in [5, 5.41) is 1.10. The van der Waals surface area contributed by atoms with Gasteiger partial charge in [-0.25, -0.2) is 4.79 Å². The second-order valence-electron chi connectivity index (χ2n) is 6.08. The average Bonchev–Trinajstić information content (AvgIpc) is 2.40. The Morgan fingerprint density at radius 1 is 1.29 bits per heavy atom. The molecule has 0 saturated carbocycles. The lowest BCUT2D eigenvalue weighted by atomic mass is 9.94. The van der Waals surface area contributed by atoms with Gasteiger partial charge in [0.15, 0.2) is 0 Å². The van der Waals surface area contributed by atoms with Crippen molar-refractivity contribution in [1.29, 1.82) is 0 Å².